The van der Waals surface area contributed by atoms with Crippen LogP contribution in [0.25, 0.3) is 0 Å². The molecule has 3 rings (SSSR count). The average molecular weight is 453 g/mol. The van der Waals surface area contributed by atoms with Crippen LogP contribution in [-0.4, -0.2) is 36.0 Å². The van der Waals surface area contributed by atoms with Gasteiger partial charge in [-0.25, -0.2) is 0 Å². The van der Waals surface area contributed by atoms with E-state index >= 15 is 0 Å². The van der Waals surface area contributed by atoms with E-state index in [1.54, 1.807) is 0 Å². The first-order valence-electron chi connectivity index (χ1n) is 6.92. The zero-order valence-corrected chi connectivity index (χ0v) is 14.9. The number of hydrogen-bond donors (Lipinski definition) is 0. The molecule has 2 fully saturated rings. The number of rotatable bonds is 5. The van der Waals surface area contributed by atoms with E-state index in [1.165, 1.54) is 12.8 Å². The van der Waals surface area contributed by atoms with Crippen molar-refractivity contribution in [3.63, 3.8) is 0 Å². The summed E-state index contributed by atoms with van der Waals surface area (Å²) in [5, 5.41) is 0. The maximum absolute atomic E-state index is 6.33. The Bertz CT molecular complexity index is 449. The van der Waals surface area contributed by atoms with Crippen molar-refractivity contribution in [2.45, 2.75) is 24.5 Å². The van der Waals surface area contributed by atoms with Gasteiger partial charge < -0.3 is 14.2 Å². The van der Waals surface area contributed by atoms with E-state index in [4.69, 9.17) is 14.2 Å². The molecular weight excluding hydrogens is 435 g/mol. The monoisotopic (exact) mass is 452 g/mol. The van der Waals surface area contributed by atoms with Gasteiger partial charge in [0, 0.05) is 8.90 Å². The molecule has 1 aliphatic carbocycles. The van der Waals surface area contributed by atoms with Crippen LogP contribution in [-0.2, 0) is 9.47 Å². The molecule has 2 atom stereocenters. The molecule has 20 heavy (non-hydrogen) atoms. The highest BCUT2D eigenvalue weighted by Crippen LogP contribution is 2.45. The lowest BCUT2D eigenvalue weighted by Gasteiger charge is -2.40. The maximum atomic E-state index is 6.33. The number of hydrogen-bond acceptors (Lipinski definition) is 3. The summed E-state index contributed by atoms with van der Waals surface area (Å²) in [5.41, 5.74) is -0.0768. The fourth-order valence-corrected chi connectivity index (χ4v) is 3.86. The van der Waals surface area contributed by atoms with Gasteiger partial charge in [-0.15, -0.1) is 0 Å². The van der Waals surface area contributed by atoms with Crippen LogP contribution in [0.4, 0.5) is 0 Å². The SMILES string of the molecule is Brc1ccc(OC[C@@H]2COCC(CI)(C3CC3)O2)cc1. The molecular formula is C15H18BrIO3. The molecule has 1 aromatic carbocycles. The summed E-state index contributed by atoms with van der Waals surface area (Å²) >= 11 is 5.84. The third-order valence-corrected chi connectivity index (χ3v) is 5.67. The average Bonchev–Trinajstić information content (AvgIpc) is 3.32. The second-order valence-corrected chi connectivity index (χ2v) is 7.17. The van der Waals surface area contributed by atoms with Gasteiger partial charge >= 0.3 is 0 Å². The molecule has 0 N–H and O–H groups in total. The molecule has 0 bridgehead atoms. The van der Waals surface area contributed by atoms with Gasteiger partial charge in [0.1, 0.15) is 24.1 Å². The van der Waals surface area contributed by atoms with Crippen molar-refractivity contribution < 1.29 is 14.2 Å². The number of benzene rings is 1. The van der Waals surface area contributed by atoms with E-state index in [2.05, 4.69) is 38.5 Å². The molecule has 1 aromatic rings. The molecule has 1 heterocycles. The lowest BCUT2D eigenvalue weighted by Crippen LogP contribution is -2.52. The van der Waals surface area contributed by atoms with Crippen LogP contribution in [0.3, 0.4) is 0 Å². The van der Waals surface area contributed by atoms with E-state index in [0.29, 0.717) is 19.1 Å². The van der Waals surface area contributed by atoms with E-state index in [9.17, 15) is 0 Å². The van der Waals surface area contributed by atoms with Gasteiger partial charge in [-0.1, -0.05) is 38.5 Å². The Hall–Kier alpha value is 0.150. The first-order valence-corrected chi connectivity index (χ1v) is 9.23. The van der Waals surface area contributed by atoms with Crippen LogP contribution in [0.5, 0.6) is 5.75 Å². The van der Waals surface area contributed by atoms with Gasteiger partial charge in [0.2, 0.25) is 0 Å². The largest absolute Gasteiger partial charge is 0.491 e. The van der Waals surface area contributed by atoms with Crippen LogP contribution in [0.1, 0.15) is 12.8 Å². The highest BCUT2D eigenvalue weighted by atomic mass is 127. The van der Waals surface area contributed by atoms with Gasteiger partial charge in [0.25, 0.3) is 0 Å². The normalized spacial score (nSPS) is 30.2. The van der Waals surface area contributed by atoms with Crippen molar-refractivity contribution in [3.05, 3.63) is 28.7 Å². The predicted molar refractivity (Wildman–Crippen MR) is 89.7 cm³/mol. The molecule has 2 aliphatic rings. The highest BCUT2D eigenvalue weighted by molar-refractivity contribution is 14.1. The first-order chi connectivity index (χ1) is 9.72. The highest BCUT2D eigenvalue weighted by Gasteiger charge is 2.49. The summed E-state index contributed by atoms with van der Waals surface area (Å²) in [6, 6.07) is 7.88. The second-order valence-electron chi connectivity index (χ2n) is 5.49. The standard InChI is InChI=1S/C15H18BrIO3/c16-12-3-5-13(6-4-12)19-8-14-7-18-10-15(9-17,20-14)11-1-2-11/h3-6,11,14H,1-2,7-10H2/t14-,15?/m0/s1. The Morgan fingerprint density at radius 2 is 2.05 bits per heavy atom. The van der Waals surface area contributed by atoms with Crippen molar-refractivity contribution in [1.82, 2.24) is 0 Å². The van der Waals surface area contributed by atoms with Crippen LogP contribution in [0.2, 0.25) is 0 Å². The lowest BCUT2D eigenvalue weighted by atomic mass is 10.00. The Balaban J connectivity index is 1.56. The predicted octanol–water partition coefficient (Wildman–Crippen LogP) is 3.83. The molecule has 1 aliphatic heterocycles. The quantitative estimate of drug-likeness (QED) is 0.502. The Labute approximate surface area is 141 Å². The fourth-order valence-electron chi connectivity index (χ4n) is 2.57. The van der Waals surface area contributed by atoms with Crippen molar-refractivity contribution >= 4 is 38.5 Å². The molecule has 0 aromatic heterocycles. The van der Waals surface area contributed by atoms with Crippen molar-refractivity contribution in [2.24, 2.45) is 5.92 Å². The Morgan fingerprint density at radius 1 is 1.30 bits per heavy atom. The first kappa shape index (κ1) is 15.1. The zero-order chi connectivity index (χ0) is 14.0. The Morgan fingerprint density at radius 3 is 2.70 bits per heavy atom. The summed E-state index contributed by atoms with van der Waals surface area (Å²) < 4.78 is 20.0. The van der Waals surface area contributed by atoms with E-state index in [0.717, 1.165) is 21.3 Å². The summed E-state index contributed by atoms with van der Waals surface area (Å²) in [5.74, 6) is 1.55. The molecule has 1 saturated carbocycles. The third kappa shape index (κ3) is 3.48. The minimum absolute atomic E-state index is 0.0303. The van der Waals surface area contributed by atoms with Crippen LogP contribution < -0.4 is 4.74 Å². The maximum Gasteiger partial charge on any atom is 0.119 e. The number of halogens is 2. The van der Waals surface area contributed by atoms with E-state index < -0.39 is 0 Å². The molecule has 0 amide bonds. The minimum atomic E-state index is -0.0768. The summed E-state index contributed by atoms with van der Waals surface area (Å²) in [7, 11) is 0. The number of alkyl halides is 1. The molecule has 1 unspecified atom stereocenters. The summed E-state index contributed by atoms with van der Waals surface area (Å²) in [6.07, 6.45) is 2.57. The van der Waals surface area contributed by atoms with Crippen molar-refractivity contribution in [3.8, 4) is 5.75 Å². The van der Waals surface area contributed by atoms with Crippen LogP contribution in [0.15, 0.2) is 28.7 Å². The minimum Gasteiger partial charge on any atom is -0.491 e. The number of ether oxygens (including phenoxy) is 3. The van der Waals surface area contributed by atoms with Gasteiger partial charge in [-0.2, -0.15) is 0 Å². The third-order valence-electron chi connectivity index (χ3n) is 3.85. The fraction of sp³-hybridized carbons (Fsp3) is 0.600. The van der Waals surface area contributed by atoms with Crippen LogP contribution in [0, 0.1) is 5.92 Å². The molecule has 5 heteroatoms. The summed E-state index contributed by atoms with van der Waals surface area (Å²) in [6.45, 7) is 1.91. The lowest BCUT2D eigenvalue weighted by molar-refractivity contribution is -0.202. The smallest absolute Gasteiger partial charge is 0.119 e. The van der Waals surface area contributed by atoms with Crippen molar-refractivity contribution in [2.75, 3.05) is 24.2 Å². The van der Waals surface area contributed by atoms with Gasteiger partial charge in [-0.05, 0) is 43.0 Å². The van der Waals surface area contributed by atoms with Crippen LogP contribution >= 0.6 is 38.5 Å². The Kier molecular flexibility index (Phi) is 4.90. The second kappa shape index (κ2) is 6.50. The van der Waals surface area contributed by atoms with E-state index in [1.807, 2.05) is 24.3 Å². The van der Waals surface area contributed by atoms with Gasteiger partial charge in [0.15, 0.2) is 0 Å². The topological polar surface area (TPSA) is 27.7 Å². The van der Waals surface area contributed by atoms with Crippen molar-refractivity contribution in [1.29, 1.82) is 0 Å². The van der Waals surface area contributed by atoms with E-state index in [-0.39, 0.29) is 11.7 Å². The zero-order valence-electron chi connectivity index (χ0n) is 11.2. The molecule has 0 spiro atoms. The summed E-state index contributed by atoms with van der Waals surface area (Å²) in [4.78, 5) is 0. The van der Waals surface area contributed by atoms with Gasteiger partial charge in [0.05, 0.1) is 13.2 Å². The molecule has 3 nitrogen and oxygen atoms in total. The molecule has 0 radical (unpaired) electrons. The molecule has 110 valence electrons. The molecule has 1 saturated heterocycles. The van der Waals surface area contributed by atoms with Gasteiger partial charge in [-0.3, -0.25) is 0 Å².